The molecule has 0 aliphatic rings. The highest BCUT2D eigenvalue weighted by Gasteiger charge is 2.40. The second-order valence-corrected chi connectivity index (χ2v) is 4.46. The summed E-state index contributed by atoms with van der Waals surface area (Å²) in [4.78, 5) is 30.5. The number of aromatic nitrogens is 1. The largest absolute Gasteiger partial charge is 0.481 e. The minimum atomic E-state index is -2.74. The Morgan fingerprint density at radius 1 is 1.17 bits per heavy atom. The third-order valence-electron chi connectivity index (χ3n) is 2.57. The summed E-state index contributed by atoms with van der Waals surface area (Å²) in [5.41, 5.74) is -1.87. The van der Waals surface area contributed by atoms with Gasteiger partial charge in [-0.15, -0.1) is 0 Å². The Balaban J connectivity index is 0.000000433. The Labute approximate surface area is 130 Å². The maximum atomic E-state index is 10.3. The van der Waals surface area contributed by atoms with Crippen LogP contribution in [0.1, 0.15) is 18.5 Å². The Bertz CT molecular complexity index is 583. The van der Waals surface area contributed by atoms with Gasteiger partial charge in [-0.2, -0.15) is 0 Å². The lowest BCUT2D eigenvalue weighted by Crippen LogP contribution is -2.42. The normalized spacial score (nSPS) is 10.7. The van der Waals surface area contributed by atoms with E-state index in [1.807, 2.05) is 36.0 Å². The van der Waals surface area contributed by atoms with Gasteiger partial charge in [0.15, 0.2) is 11.8 Å². The summed E-state index contributed by atoms with van der Waals surface area (Å²) in [6.45, 7) is 0. The fraction of sp³-hybridized carbons (Fsp3) is 0.308. The van der Waals surface area contributed by atoms with Gasteiger partial charge in [0.1, 0.15) is 13.3 Å². The van der Waals surface area contributed by atoms with E-state index in [0.29, 0.717) is 0 Å². The zero-order chi connectivity index (χ0) is 18.0. The van der Waals surface area contributed by atoms with Crippen molar-refractivity contribution in [1.29, 1.82) is 0 Å². The molecular formula is C13H17N2O8+. The lowest BCUT2D eigenvalue weighted by molar-refractivity contribution is -0.672. The number of carbonyl (C=O) groups is 3. The molecule has 0 spiro atoms. The molecule has 0 saturated carbocycles. The molecule has 0 bridgehead atoms. The molecule has 1 rings (SSSR count). The van der Waals surface area contributed by atoms with Crippen molar-refractivity contribution in [3.8, 4) is 0 Å². The summed E-state index contributed by atoms with van der Waals surface area (Å²) in [6.07, 6.45) is 0.986. The number of aliphatic hydroxyl groups is 1. The minimum absolute atomic E-state index is 0.866. The summed E-state index contributed by atoms with van der Waals surface area (Å²) < 4.78 is 1.86. The van der Waals surface area contributed by atoms with Crippen LogP contribution < -0.4 is 4.57 Å². The topological polar surface area (TPSA) is 169 Å². The molecule has 0 radical (unpaired) electrons. The van der Waals surface area contributed by atoms with Crippen molar-refractivity contribution in [2.45, 2.75) is 18.4 Å². The molecule has 126 valence electrons. The Kier molecular flexibility index (Phi) is 7.91. The van der Waals surface area contributed by atoms with Crippen LogP contribution in [0.25, 0.3) is 0 Å². The van der Waals surface area contributed by atoms with Gasteiger partial charge in [-0.3, -0.25) is 9.59 Å². The highest BCUT2D eigenvalue weighted by molar-refractivity contribution is 5.88. The fourth-order valence-corrected chi connectivity index (χ4v) is 1.44. The van der Waals surface area contributed by atoms with E-state index in [0.717, 1.165) is 5.69 Å². The zero-order valence-electron chi connectivity index (χ0n) is 12.2. The molecule has 1 heterocycles. The maximum Gasteiger partial charge on any atom is 0.336 e. The SMILES string of the molecule is C[n+]1ccccc1C=NO.O=C(O)CC(O)(CC(=O)O)C(=O)O. The van der Waals surface area contributed by atoms with Crippen molar-refractivity contribution in [1.82, 2.24) is 0 Å². The quantitative estimate of drug-likeness (QED) is 0.193. The number of aliphatic carboxylic acids is 3. The van der Waals surface area contributed by atoms with Crippen molar-refractivity contribution in [3.05, 3.63) is 30.1 Å². The van der Waals surface area contributed by atoms with E-state index in [2.05, 4.69) is 5.16 Å². The van der Waals surface area contributed by atoms with Gasteiger partial charge in [0, 0.05) is 12.1 Å². The summed E-state index contributed by atoms with van der Waals surface area (Å²) in [5, 5.41) is 44.9. The van der Waals surface area contributed by atoms with Gasteiger partial charge in [-0.1, -0.05) is 5.16 Å². The summed E-state index contributed by atoms with van der Waals surface area (Å²) in [5.74, 6) is -5.02. The van der Waals surface area contributed by atoms with E-state index in [-0.39, 0.29) is 0 Å². The molecule has 0 aliphatic heterocycles. The number of hydrogen-bond acceptors (Lipinski definition) is 6. The van der Waals surface area contributed by atoms with Gasteiger partial charge in [0.25, 0.3) is 0 Å². The van der Waals surface area contributed by atoms with Gasteiger partial charge in [-0.25, -0.2) is 9.36 Å². The number of hydrogen-bond donors (Lipinski definition) is 5. The molecule has 0 fully saturated rings. The second-order valence-electron chi connectivity index (χ2n) is 4.46. The lowest BCUT2D eigenvalue weighted by Gasteiger charge is -2.18. The molecule has 0 saturated heterocycles. The van der Waals surface area contributed by atoms with Crippen molar-refractivity contribution in [2.75, 3.05) is 0 Å². The van der Waals surface area contributed by atoms with Crippen LogP contribution in [0, 0.1) is 0 Å². The number of oxime groups is 1. The van der Waals surface area contributed by atoms with Crippen LogP contribution in [-0.4, -0.2) is 55.4 Å². The van der Waals surface area contributed by atoms with E-state index in [9.17, 15) is 14.4 Å². The summed E-state index contributed by atoms with van der Waals surface area (Å²) in [7, 11) is 1.89. The Morgan fingerprint density at radius 2 is 1.70 bits per heavy atom. The monoisotopic (exact) mass is 329 g/mol. The van der Waals surface area contributed by atoms with Crippen LogP contribution in [-0.2, 0) is 21.4 Å². The van der Waals surface area contributed by atoms with Crippen LogP contribution in [0.3, 0.4) is 0 Å². The van der Waals surface area contributed by atoms with E-state index in [4.69, 9.17) is 25.6 Å². The second kappa shape index (κ2) is 9.10. The number of aryl methyl sites for hydroxylation is 1. The maximum absolute atomic E-state index is 10.3. The molecule has 5 N–H and O–H groups in total. The van der Waals surface area contributed by atoms with Crippen molar-refractivity contribution in [2.24, 2.45) is 12.2 Å². The molecule has 0 unspecified atom stereocenters. The molecule has 0 aliphatic carbocycles. The average molecular weight is 329 g/mol. The number of carboxylic acid groups (broad SMARTS) is 3. The minimum Gasteiger partial charge on any atom is -0.481 e. The molecule has 10 heteroatoms. The molecule has 1 aromatic rings. The van der Waals surface area contributed by atoms with Crippen LogP contribution >= 0.6 is 0 Å². The first-order valence-corrected chi connectivity index (χ1v) is 6.14. The van der Waals surface area contributed by atoms with E-state index >= 15 is 0 Å². The first-order chi connectivity index (χ1) is 10.6. The standard InChI is InChI=1S/C7H8N2O.C6H8O7/c1-9-5-3-2-4-7(9)6-8-10;7-3(8)1-6(13,5(11)12)2-4(9)10/h2-6H,1H3;13H,1-2H2,(H,7,8)(H,9,10)(H,11,12)/p+1. The first-order valence-electron chi connectivity index (χ1n) is 6.14. The smallest absolute Gasteiger partial charge is 0.336 e. The molecule has 0 aromatic carbocycles. The molecule has 0 atom stereocenters. The van der Waals surface area contributed by atoms with Crippen LogP contribution in [0.2, 0.25) is 0 Å². The lowest BCUT2D eigenvalue weighted by atomic mass is 9.96. The van der Waals surface area contributed by atoms with Crippen molar-refractivity contribution < 1.29 is 44.6 Å². The summed E-state index contributed by atoms with van der Waals surface area (Å²) >= 11 is 0. The van der Waals surface area contributed by atoms with Gasteiger partial charge in [-0.05, 0) is 6.07 Å². The fourth-order valence-electron chi connectivity index (χ4n) is 1.44. The predicted molar refractivity (Wildman–Crippen MR) is 74.1 cm³/mol. The van der Waals surface area contributed by atoms with Crippen LogP contribution in [0.15, 0.2) is 29.6 Å². The van der Waals surface area contributed by atoms with Gasteiger partial charge < -0.3 is 25.6 Å². The van der Waals surface area contributed by atoms with Gasteiger partial charge in [0.2, 0.25) is 5.69 Å². The highest BCUT2D eigenvalue weighted by atomic mass is 16.4. The first kappa shape index (κ1) is 20.0. The molecule has 10 nitrogen and oxygen atoms in total. The van der Waals surface area contributed by atoms with Crippen LogP contribution in [0.5, 0.6) is 0 Å². The van der Waals surface area contributed by atoms with E-state index in [1.165, 1.54) is 6.21 Å². The summed E-state index contributed by atoms with van der Waals surface area (Å²) in [6, 6.07) is 5.66. The van der Waals surface area contributed by atoms with Gasteiger partial charge in [0.05, 0.1) is 12.8 Å². The van der Waals surface area contributed by atoms with Crippen molar-refractivity contribution in [3.63, 3.8) is 0 Å². The zero-order valence-corrected chi connectivity index (χ0v) is 12.2. The van der Waals surface area contributed by atoms with E-state index < -0.39 is 36.4 Å². The van der Waals surface area contributed by atoms with E-state index in [1.54, 1.807) is 0 Å². The number of carboxylic acids is 3. The molecular weight excluding hydrogens is 312 g/mol. The number of pyridine rings is 1. The predicted octanol–water partition coefficient (Wildman–Crippen LogP) is -0.929. The molecule has 1 aromatic heterocycles. The third kappa shape index (κ3) is 7.52. The third-order valence-corrected chi connectivity index (χ3v) is 2.57. The average Bonchev–Trinajstić information content (AvgIpc) is 2.40. The number of nitrogens with zero attached hydrogens (tertiary/aromatic N) is 2. The number of rotatable bonds is 6. The highest BCUT2D eigenvalue weighted by Crippen LogP contribution is 2.15. The molecule has 23 heavy (non-hydrogen) atoms. The van der Waals surface area contributed by atoms with Crippen LogP contribution in [0.4, 0.5) is 0 Å². The Morgan fingerprint density at radius 3 is 2.04 bits per heavy atom. The molecule has 0 amide bonds. The van der Waals surface area contributed by atoms with Gasteiger partial charge >= 0.3 is 17.9 Å². The Hall–Kier alpha value is -3.01. The van der Waals surface area contributed by atoms with Crippen molar-refractivity contribution >= 4 is 24.1 Å².